The Morgan fingerprint density at radius 2 is 2.47 bits per heavy atom. The van der Waals surface area contributed by atoms with Gasteiger partial charge in [-0.3, -0.25) is 10.2 Å². The first-order chi connectivity index (χ1) is 8.19. The quantitative estimate of drug-likeness (QED) is 0.777. The lowest BCUT2D eigenvalue weighted by Gasteiger charge is -2.20. The number of aromatic nitrogens is 2. The Labute approximate surface area is 102 Å². The summed E-state index contributed by atoms with van der Waals surface area (Å²) in [6, 6.07) is 2.81. The minimum Gasteiger partial charge on any atom is -0.337 e. The summed E-state index contributed by atoms with van der Waals surface area (Å²) >= 11 is 0. The molecule has 0 amide bonds. The number of likely N-dealkylation sites (N-methyl/N-ethyl adjacent to an activating group) is 1. The third kappa shape index (κ3) is 3.55. The summed E-state index contributed by atoms with van der Waals surface area (Å²) < 4.78 is 2.01. The molecule has 0 saturated heterocycles. The Hall–Kier alpha value is -1.38. The van der Waals surface area contributed by atoms with Gasteiger partial charge in [0.05, 0.1) is 12.6 Å². The Morgan fingerprint density at radius 3 is 3.00 bits per heavy atom. The van der Waals surface area contributed by atoms with Gasteiger partial charge in [0.2, 0.25) is 0 Å². The predicted octanol–water partition coefficient (Wildman–Crippen LogP) is 0.496. The fraction of sp³-hybridized carbons (Fsp3) is 0.667. The number of aryl methyl sites for hydroxylation is 1. The van der Waals surface area contributed by atoms with Gasteiger partial charge in [-0.1, -0.05) is 0 Å². The van der Waals surface area contributed by atoms with Crippen molar-refractivity contribution in [2.24, 2.45) is 7.05 Å². The van der Waals surface area contributed by atoms with Crippen LogP contribution in [0.25, 0.3) is 0 Å². The Bertz CT molecular complexity index is 401. The van der Waals surface area contributed by atoms with Crippen molar-refractivity contribution in [3.05, 3.63) is 18.2 Å². The summed E-state index contributed by atoms with van der Waals surface area (Å²) in [5.74, 6) is 1.02. The SMILES string of the molecule is CN(Cc1nccn1C)CC(C#N)NC1CC1. The molecule has 1 atom stereocenters. The van der Waals surface area contributed by atoms with Crippen molar-refractivity contribution in [3.8, 4) is 6.07 Å². The first-order valence-electron chi connectivity index (χ1n) is 5.99. The molecule has 0 aliphatic heterocycles. The fourth-order valence-electron chi connectivity index (χ4n) is 1.83. The van der Waals surface area contributed by atoms with Gasteiger partial charge in [0.15, 0.2) is 0 Å². The van der Waals surface area contributed by atoms with Crippen LogP contribution in [-0.2, 0) is 13.6 Å². The highest BCUT2D eigenvalue weighted by Gasteiger charge is 2.25. The topological polar surface area (TPSA) is 56.9 Å². The third-order valence-electron chi connectivity index (χ3n) is 3.00. The molecule has 0 radical (unpaired) electrons. The molecule has 1 unspecified atom stereocenters. The average Bonchev–Trinajstić information content (AvgIpc) is 3.03. The van der Waals surface area contributed by atoms with Crippen LogP contribution in [0.2, 0.25) is 0 Å². The first kappa shape index (κ1) is 12.1. The number of nitrogens with one attached hydrogen (secondary N) is 1. The molecule has 17 heavy (non-hydrogen) atoms. The molecule has 0 spiro atoms. The first-order valence-corrected chi connectivity index (χ1v) is 5.99. The van der Waals surface area contributed by atoms with Gasteiger partial charge in [0, 0.05) is 32.0 Å². The predicted molar refractivity (Wildman–Crippen MR) is 65.1 cm³/mol. The molecule has 92 valence electrons. The summed E-state index contributed by atoms with van der Waals surface area (Å²) in [5, 5.41) is 12.4. The Balaban J connectivity index is 1.81. The lowest BCUT2D eigenvalue weighted by Crippen LogP contribution is -2.39. The zero-order chi connectivity index (χ0) is 12.3. The second-order valence-corrected chi connectivity index (χ2v) is 4.77. The van der Waals surface area contributed by atoms with E-state index in [2.05, 4.69) is 21.3 Å². The molecule has 0 aromatic carbocycles. The molecular weight excluding hydrogens is 214 g/mol. The molecule has 2 rings (SSSR count). The van der Waals surface area contributed by atoms with Crippen LogP contribution in [0.15, 0.2) is 12.4 Å². The van der Waals surface area contributed by atoms with Gasteiger partial charge in [-0.05, 0) is 19.9 Å². The molecule has 0 bridgehead atoms. The lowest BCUT2D eigenvalue weighted by molar-refractivity contribution is 0.293. The monoisotopic (exact) mass is 233 g/mol. The molecule has 5 nitrogen and oxygen atoms in total. The zero-order valence-corrected chi connectivity index (χ0v) is 10.4. The molecule has 5 heteroatoms. The smallest absolute Gasteiger partial charge is 0.122 e. The van der Waals surface area contributed by atoms with Crippen LogP contribution in [0.5, 0.6) is 0 Å². The number of nitrogens with zero attached hydrogens (tertiary/aromatic N) is 4. The van der Waals surface area contributed by atoms with Crippen LogP contribution in [0, 0.1) is 11.3 Å². The summed E-state index contributed by atoms with van der Waals surface area (Å²) in [5.41, 5.74) is 0. The number of rotatable bonds is 6. The van der Waals surface area contributed by atoms with Gasteiger partial charge in [0.25, 0.3) is 0 Å². The molecular formula is C12H19N5. The van der Waals surface area contributed by atoms with Crippen LogP contribution < -0.4 is 5.32 Å². The Kier molecular flexibility index (Phi) is 3.77. The zero-order valence-electron chi connectivity index (χ0n) is 10.4. The summed E-state index contributed by atoms with van der Waals surface area (Å²) in [7, 11) is 4.01. The summed E-state index contributed by atoms with van der Waals surface area (Å²) in [6.45, 7) is 1.51. The van der Waals surface area contributed by atoms with Gasteiger partial charge in [-0.25, -0.2) is 4.98 Å². The number of hydrogen-bond acceptors (Lipinski definition) is 4. The highest BCUT2D eigenvalue weighted by atomic mass is 15.2. The Morgan fingerprint density at radius 1 is 1.71 bits per heavy atom. The van der Waals surface area contributed by atoms with Gasteiger partial charge in [0.1, 0.15) is 11.9 Å². The normalized spacial score (nSPS) is 17.1. The van der Waals surface area contributed by atoms with Crippen molar-refractivity contribution in [2.75, 3.05) is 13.6 Å². The standard InChI is InChI=1S/C12H19N5/c1-16(9-12-14-5-6-17(12)2)8-11(7-13)15-10-3-4-10/h5-6,10-11,15H,3-4,8-9H2,1-2H3. The average molecular weight is 233 g/mol. The highest BCUT2D eigenvalue weighted by Crippen LogP contribution is 2.19. The maximum Gasteiger partial charge on any atom is 0.122 e. The molecule has 1 aliphatic rings. The number of hydrogen-bond donors (Lipinski definition) is 1. The van der Waals surface area contributed by atoms with E-state index in [4.69, 9.17) is 5.26 Å². The van der Waals surface area contributed by atoms with Crippen LogP contribution in [0.1, 0.15) is 18.7 Å². The summed E-state index contributed by atoms with van der Waals surface area (Å²) in [4.78, 5) is 6.41. The van der Waals surface area contributed by atoms with Crippen molar-refractivity contribution < 1.29 is 0 Å². The van der Waals surface area contributed by atoms with E-state index in [9.17, 15) is 0 Å². The maximum absolute atomic E-state index is 9.07. The van der Waals surface area contributed by atoms with E-state index in [1.807, 2.05) is 24.9 Å². The van der Waals surface area contributed by atoms with Crippen LogP contribution >= 0.6 is 0 Å². The van der Waals surface area contributed by atoms with Gasteiger partial charge >= 0.3 is 0 Å². The van der Waals surface area contributed by atoms with Gasteiger partial charge in [-0.2, -0.15) is 5.26 Å². The van der Waals surface area contributed by atoms with E-state index >= 15 is 0 Å². The van der Waals surface area contributed by atoms with Gasteiger partial charge < -0.3 is 4.57 Å². The highest BCUT2D eigenvalue weighted by molar-refractivity contribution is 4.98. The molecule has 1 aromatic heterocycles. The molecule has 1 fully saturated rings. The minimum atomic E-state index is -0.0761. The number of imidazole rings is 1. The van der Waals surface area contributed by atoms with E-state index in [-0.39, 0.29) is 6.04 Å². The largest absolute Gasteiger partial charge is 0.337 e. The van der Waals surface area contributed by atoms with Crippen molar-refractivity contribution >= 4 is 0 Å². The van der Waals surface area contributed by atoms with E-state index in [1.165, 1.54) is 12.8 Å². The van der Waals surface area contributed by atoms with Crippen LogP contribution in [0.3, 0.4) is 0 Å². The van der Waals surface area contributed by atoms with Crippen molar-refractivity contribution in [3.63, 3.8) is 0 Å². The fourth-order valence-corrected chi connectivity index (χ4v) is 1.83. The molecule has 1 heterocycles. The minimum absolute atomic E-state index is 0.0761. The second kappa shape index (κ2) is 5.30. The number of nitriles is 1. The lowest BCUT2D eigenvalue weighted by atomic mass is 10.3. The third-order valence-corrected chi connectivity index (χ3v) is 3.00. The summed E-state index contributed by atoms with van der Waals surface area (Å²) in [6.07, 6.45) is 6.16. The molecule has 1 saturated carbocycles. The van der Waals surface area contributed by atoms with E-state index in [0.29, 0.717) is 6.04 Å². The van der Waals surface area contributed by atoms with Crippen LogP contribution in [-0.4, -0.2) is 40.1 Å². The maximum atomic E-state index is 9.07. The second-order valence-electron chi connectivity index (χ2n) is 4.77. The van der Waals surface area contributed by atoms with E-state index < -0.39 is 0 Å². The van der Waals surface area contributed by atoms with Gasteiger partial charge in [-0.15, -0.1) is 0 Å². The van der Waals surface area contributed by atoms with Crippen molar-refractivity contribution in [2.45, 2.75) is 31.5 Å². The van der Waals surface area contributed by atoms with E-state index in [1.54, 1.807) is 6.20 Å². The van der Waals surface area contributed by atoms with Crippen molar-refractivity contribution in [1.82, 2.24) is 19.8 Å². The van der Waals surface area contributed by atoms with Crippen LogP contribution in [0.4, 0.5) is 0 Å². The van der Waals surface area contributed by atoms with Crippen molar-refractivity contribution in [1.29, 1.82) is 5.26 Å². The molecule has 1 aliphatic carbocycles. The molecule has 1 N–H and O–H groups in total. The molecule has 1 aromatic rings. The van der Waals surface area contributed by atoms with E-state index in [0.717, 1.165) is 18.9 Å².